The van der Waals surface area contributed by atoms with Gasteiger partial charge in [0.25, 0.3) is 0 Å². The summed E-state index contributed by atoms with van der Waals surface area (Å²) in [5.41, 5.74) is -0.0813. The molecular formula is C13H26N2O3. The van der Waals surface area contributed by atoms with Crippen LogP contribution in [0.1, 0.15) is 26.7 Å². The van der Waals surface area contributed by atoms with Gasteiger partial charge >= 0.3 is 0 Å². The maximum atomic E-state index is 11.8. The zero-order valence-corrected chi connectivity index (χ0v) is 11.6. The second-order valence-corrected chi connectivity index (χ2v) is 5.24. The van der Waals surface area contributed by atoms with E-state index in [1.54, 1.807) is 0 Å². The van der Waals surface area contributed by atoms with Gasteiger partial charge in [-0.25, -0.2) is 0 Å². The molecule has 1 saturated heterocycles. The number of carbonyl (C=O) groups is 1. The Hall–Kier alpha value is -0.650. The highest BCUT2D eigenvalue weighted by Gasteiger charge is 2.21. The maximum absolute atomic E-state index is 11.8. The van der Waals surface area contributed by atoms with Gasteiger partial charge in [0.2, 0.25) is 5.91 Å². The summed E-state index contributed by atoms with van der Waals surface area (Å²) in [6, 6.07) is 0. The molecule has 106 valence electrons. The molecule has 5 heteroatoms. The number of hydrogen-bond donors (Lipinski definition) is 2. The van der Waals surface area contributed by atoms with E-state index in [4.69, 9.17) is 4.74 Å². The largest absolute Gasteiger partial charge is 0.396 e. The number of rotatable bonds is 7. The third kappa shape index (κ3) is 4.92. The summed E-state index contributed by atoms with van der Waals surface area (Å²) >= 11 is 0. The summed E-state index contributed by atoms with van der Waals surface area (Å²) in [4.78, 5) is 13.7. The topological polar surface area (TPSA) is 61.8 Å². The van der Waals surface area contributed by atoms with Crippen molar-refractivity contribution in [3.05, 3.63) is 0 Å². The minimum atomic E-state index is -0.0813. The highest BCUT2D eigenvalue weighted by atomic mass is 16.5. The lowest BCUT2D eigenvalue weighted by Gasteiger charge is -2.28. The Morgan fingerprint density at radius 3 is 2.67 bits per heavy atom. The van der Waals surface area contributed by atoms with E-state index in [2.05, 4.69) is 12.2 Å². The molecule has 0 radical (unpaired) electrons. The fourth-order valence-corrected chi connectivity index (χ4v) is 1.85. The van der Waals surface area contributed by atoms with E-state index >= 15 is 0 Å². The number of aliphatic hydroxyl groups is 1. The Morgan fingerprint density at radius 2 is 2.11 bits per heavy atom. The van der Waals surface area contributed by atoms with Crippen molar-refractivity contribution in [2.45, 2.75) is 26.7 Å². The molecule has 2 N–H and O–H groups in total. The standard InChI is InChI=1S/C13H26N2O3/c1-3-13(2,11-16)10-14-5-4-12(17)15-6-8-18-9-7-15/h14,16H,3-11H2,1-2H3. The first kappa shape index (κ1) is 15.4. The second kappa shape index (κ2) is 7.71. The molecule has 1 heterocycles. The lowest BCUT2D eigenvalue weighted by Crippen LogP contribution is -2.42. The third-order valence-electron chi connectivity index (χ3n) is 3.67. The minimum absolute atomic E-state index is 0.0813. The van der Waals surface area contributed by atoms with Crippen molar-refractivity contribution < 1.29 is 14.6 Å². The SMILES string of the molecule is CCC(C)(CO)CNCCC(=O)N1CCOCC1. The molecule has 1 aliphatic heterocycles. The molecule has 0 saturated carbocycles. The molecule has 1 fully saturated rings. The first-order valence-electron chi connectivity index (χ1n) is 6.78. The molecule has 1 rings (SSSR count). The third-order valence-corrected chi connectivity index (χ3v) is 3.67. The number of amides is 1. The van der Waals surface area contributed by atoms with Gasteiger partial charge in [-0.05, 0) is 6.42 Å². The van der Waals surface area contributed by atoms with Crippen molar-refractivity contribution in [1.82, 2.24) is 10.2 Å². The summed E-state index contributed by atoms with van der Waals surface area (Å²) in [6.07, 6.45) is 1.44. The van der Waals surface area contributed by atoms with E-state index in [0.717, 1.165) is 13.0 Å². The van der Waals surface area contributed by atoms with Gasteiger partial charge in [-0.3, -0.25) is 4.79 Å². The van der Waals surface area contributed by atoms with E-state index in [9.17, 15) is 9.90 Å². The van der Waals surface area contributed by atoms with Crippen LogP contribution >= 0.6 is 0 Å². The van der Waals surface area contributed by atoms with Gasteiger partial charge in [-0.2, -0.15) is 0 Å². The summed E-state index contributed by atoms with van der Waals surface area (Å²) in [7, 11) is 0. The predicted molar refractivity (Wildman–Crippen MR) is 70.4 cm³/mol. The Morgan fingerprint density at radius 1 is 1.44 bits per heavy atom. The Labute approximate surface area is 109 Å². The van der Waals surface area contributed by atoms with Crippen molar-refractivity contribution in [1.29, 1.82) is 0 Å². The molecule has 5 nitrogen and oxygen atoms in total. The van der Waals surface area contributed by atoms with Crippen LogP contribution < -0.4 is 5.32 Å². The lowest BCUT2D eigenvalue weighted by molar-refractivity contribution is -0.135. The van der Waals surface area contributed by atoms with E-state index in [-0.39, 0.29) is 17.9 Å². The summed E-state index contributed by atoms with van der Waals surface area (Å²) in [6.45, 7) is 8.43. The smallest absolute Gasteiger partial charge is 0.224 e. The number of morpholine rings is 1. The van der Waals surface area contributed by atoms with E-state index < -0.39 is 0 Å². The fraction of sp³-hybridized carbons (Fsp3) is 0.923. The normalized spacial score (nSPS) is 19.6. The molecule has 0 bridgehead atoms. The molecule has 1 amide bonds. The molecule has 0 aromatic heterocycles. The van der Waals surface area contributed by atoms with Crippen LogP contribution in [-0.2, 0) is 9.53 Å². The monoisotopic (exact) mass is 258 g/mol. The average molecular weight is 258 g/mol. The fourth-order valence-electron chi connectivity index (χ4n) is 1.85. The van der Waals surface area contributed by atoms with Crippen LogP contribution in [0.25, 0.3) is 0 Å². The van der Waals surface area contributed by atoms with Crippen molar-refractivity contribution >= 4 is 5.91 Å². The average Bonchev–Trinajstić information content (AvgIpc) is 2.44. The number of hydrogen-bond acceptors (Lipinski definition) is 4. The van der Waals surface area contributed by atoms with Crippen LogP contribution in [0.4, 0.5) is 0 Å². The molecule has 1 unspecified atom stereocenters. The number of carbonyl (C=O) groups excluding carboxylic acids is 1. The molecule has 0 aromatic rings. The molecule has 0 spiro atoms. The van der Waals surface area contributed by atoms with E-state index in [1.165, 1.54) is 0 Å². The highest BCUT2D eigenvalue weighted by molar-refractivity contribution is 5.76. The minimum Gasteiger partial charge on any atom is -0.396 e. The van der Waals surface area contributed by atoms with Gasteiger partial charge in [-0.1, -0.05) is 13.8 Å². The van der Waals surface area contributed by atoms with Crippen LogP contribution in [0.2, 0.25) is 0 Å². The first-order chi connectivity index (χ1) is 8.61. The van der Waals surface area contributed by atoms with Crippen molar-refractivity contribution in [3.8, 4) is 0 Å². The van der Waals surface area contributed by atoms with Crippen LogP contribution in [0.3, 0.4) is 0 Å². The van der Waals surface area contributed by atoms with Gasteiger partial charge in [0.15, 0.2) is 0 Å². The van der Waals surface area contributed by atoms with Gasteiger partial charge < -0.3 is 20.1 Å². The number of ether oxygens (including phenoxy) is 1. The van der Waals surface area contributed by atoms with Crippen molar-refractivity contribution in [2.75, 3.05) is 46.0 Å². The number of aliphatic hydroxyl groups excluding tert-OH is 1. The Balaban J connectivity index is 2.15. The highest BCUT2D eigenvalue weighted by Crippen LogP contribution is 2.18. The van der Waals surface area contributed by atoms with Crippen LogP contribution in [-0.4, -0.2) is 61.9 Å². The molecule has 0 aromatic carbocycles. The van der Waals surface area contributed by atoms with Crippen molar-refractivity contribution in [2.24, 2.45) is 5.41 Å². The molecule has 0 aliphatic carbocycles. The van der Waals surface area contributed by atoms with Gasteiger partial charge in [0.1, 0.15) is 0 Å². The predicted octanol–water partition coefficient (Wildman–Crippen LogP) is 0.234. The van der Waals surface area contributed by atoms with Crippen molar-refractivity contribution in [3.63, 3.8) is 0 Å². The zero-order valence-electron chi connectivity index (χ0n) is 11.6. The molecule has 1 atom stereocenters. The van der Waals surface area contributed by atoms with Gasteiger partial charge in [-0.15, -0.1) is 0 Å². The zero-order chi connectivity index (χ0) is 13.4. The Bertz CT molecular complexity index is 249. The van der Waals surface area contributed by atoms with Gasteiger partial charge in [0, 0.05) is 44.6 Å². The number of nitrogens with zero attached hydrogens (tertiary/aromatic N) is 1. The van der Waals surface area contributed by atoms with Crippen LogP contribution in [0.5, 0.6) is 0 Å². The molecule has 18 heavy (non-hydrogen) atoms. The summed E-state index contributed by atoms with van der Waals surface area (Å²) in [5, 5.41) is 12.5. The van der Waals surface area contributed by atoms with E-state index in [0.29, 0.717) is 39.3 Å². The summed E-state index contributed by atoms with van der Waals surface area (Å²) < 4.78 is 5.21. The number of nitrogens with one attached hydrogen (secondary N) is 1. The van der Waals surface area contributed by atoms with Crippen LogP contribution in [0.15, 0.2) is 0 Å². The summed E-state index contributed by atoms with van der Waals surface area (Å²) in [5.74, 6) is 0.188. The van der Waals surface area contributed by atoms with Crippen LogP contribution in [0, 0.1) is 5.41 Å². The Kier molecular flexibility index (Phi) is 6.60. The molecule has 1 aliphatic rings. The molecular weight excluding hydrogens is 232 g/mol. The van der Waals surface area contributed by atoms with Gasteiger partial charge in [0.05, 0.1) is 13.2 Å². The lowest BCUT2D eigenvalue weighted by atomic mass is 9.89. The first-order valence-corrected chi connectivity index (χ1v) is 6.78. The van der Waals surface area contributed by atoms with E-state index in [1.807, 2.05) is 11.8 Å². The maximum Gasteiger partial charge on any atom is 0.224 e. The second-order valence-electron chi connectivity index (χ2n) is 5.24. The quantitative estimate of drug-likeness (QED) is 0.642.